The lowest BCUT2D eigenvalue weighted by atomic mass is 10.0. The summed E-state index contributed by atoms with van der Waals surface area (Å²) in [6.07, 6.45) is 13.0. The van der Waals surface area contributed by atoms with Crippen molar-refractivity contribution in [2.45, 2.75) is 153 Å². The number of aliphatic hydroxyl groups excluding tert-OH is 1. The molecule has 0 aromatic carbocycles. The SMILES string of the molecule is CCCCCCCCCCCCCCCC(=O)NCC(=O)NCC(=O)NCC(=O)NCC(=O)NCC(=O)N(C)CC(=O)NCC(=O)N[C@@H](CCC(=O)O)C(=O)N[C@@H](CCCN=C(N)N)C(=O)NCC(=O)N[C@@H](CC(=O)O)C(=O)N[C@@H](CO)C(=O)O. The van der Waals surface area contributed by atoms with Crippen LogP contribution in [0.4, 0.5) is 0 Å². The summed E-state index contributed by atoms with van der Waals surface area (Å²) in [6.45, 7) is -4.04. The minimum absolute atomic E-state index is 0.0112. The van der Waals surface area contributed by atoms with E-state index in [2.05, 4.69) is 59.8 Å². The molecule has 0 bridgehead atoms. The lowest BCUT2D eigenvalue weighted by Crippen LogP contribution is -2.56. The lowest BCUT2D eigenvalue weighted by molar-refractivity contribution is -0.144. The number of hydrogen-bond donors (Lipinski definition) is 17. The van der Waals surface area contributed by atoms with Gasteiger partial charge in [0.1, 0.15) is 24.2 Å². The second kappa shape index (κ2) is 45.8. The van der Waals surface area contributed by atoms with Gasteiger partial charge in [-0.2, -0.15) is 0 Å². The van der Waals surface area contributed by atoms with Gasteiger partial charge in [0.25, 0.3) is 0 Å². The highest BCUT2D eigenvalue weighted by atomic mass is 16.4. The number of guanidine groups is 1. The van der Waals surface area contributed by atoms with E-state index >= 15 is 0 Å². The Balaban J connectivity index is 4.95. The molecule has 0 heterocycles. The number of aliphatic imine (C=N–C) groups is 1. The number of hydrogen-bond acceptors (Lipinski definition) is 17. The number of likely N-dealkylation sites (N-methyl/N-ethyl adjacent to an activating group) is 1. The van der Waals surface area contributed by atoms with Crippen LogP contribution in [0.25, 0.3) is 0 Å². The van der Waals surface area contributed by atoms with Crippen LogP contribution in [0, 0.1) is 0 Å². The van der Waals surface area contributed by atoms with E-state index in [1.807, 2.05) is 10.6 Å². The molecule has 0 radical (unpaired) electrons. The van der Waals surface area contributed by atoms with Gasteiger partial charge in [-0.3, -0.25) is 72.1 Å². The molecule has 34 nitrogen and oxygen atoms in total. The lowest BCUT2D eigenvalue weighted by Gasteiger charge is -2.23. The second-order valence-corrected chi connectivity index (χ2v) is 19.5. The molecule has 0 aromatic rings. The van der Waals surface area contributed by atoms with Gasteiger partial charge in [0.05, 0.1) is 65.4 Å². The molecule has 0 aliphatic heterocycles. The van der Waals surface area contributed by atoms with Gasteiger partial charge >= 0.3 is 17.9 Å². The average molecular weight is 1210 g/mol. The number of carbonyl (C=O) groups is 15. The molecule has 4 atom stereocenters. The molecule has 0 unspecified atom stereocenters. The smallest absolute Gasteiger partial charge is 0.328 e. The van der Waals surface area contributed by atoms with Crippen LogP contribution in [0.3, 0.4) is 0 Å². The summed E-state index contributed by atoms with van der Waals surface area (Å²) in [5.74, 6) is -15.6. The molecule has 0 rings (SSSR count). The quantitative estimate of drug-likeness (QED) is 0.0153. The topological polar surface area (TPSA) is 537 Å². The number of aliphatic carboxylic acids is 3. The van der Waals surface area contributed by atoms with Crippen LogP contribution >= 0.6 is 0 Å². The predicted octanol–water partition coefficient (Wildman–Crippen LogP) is -5.85. The standard InChI is InChI=1S/C51H87N15O19/c1-3-4-5-6-7-8-9-10-11-12-13-14-15-18-36(68)55-23-37(69)56-24-38(70)57-25-39(71)58-26-40(72)60-29-44(76)66(2)30-43(75)59-27-41(73)62-33(19-20-45(77)78)48(82)64-32(17-16-21-54-51(52)53)47(81)61-28-42(74)63-34(22-46(79)80)49(83)65-35(31-67)50(84)85/h32-35,67H,3-31H2,1-2H3,(H,55,68)(H,56,69)(H,57,70)(H,58,71)(H,59,75)(H,60,72)(H,61,81)(H,62,73)(H,63,74)(H,64,82)(H,65,83)(H,77,78)(H,79,80)(H,84,85)(H4,52,53,54)/t32-,33-,34-,35-/m0/s1. The molecule has 12 amide bonds. The number of carboxylic acid groups (broad SMARTS) is 3. The van der Waals surface area contributed by atoms with Crippen molar-refractivity contribution in [3.8, 4) is 0 Å². The van der Waals surface area contributed by atoms with E-state index in [-0.39, 0.29) is 44.2 Å². The van der Waals surface area contributed by atoms with E-state index in [1.165, 1.54) is 64.8 Å². The van der Waals surface area contributed by atoms with Crippen molar-refractivity contribution < 1.29 is 92.3 Å². The van der Waals surface area contributed by atoms with Gasteiger partial charge in [-0.25, -0.2) is 4.79 Å². The first-order valence-corrected chi connectivity index (χ1v) is 27.9. The Hall–Kier alpha value is -8.72. The van der Waals surface area contributed by atoms with Gasteiger partial charge in [-0.1, -0.05) is 84.0 Å². The van der Waals surface area contributed by atoms with Gasteiger partial charge < -0.3 is 95.3 Å². The minimum atomic E-state index is -1.88. The van der Waals surface area contributed by atoms with Crippen LogP contribution in [0.5, 0.6) is 0 Å². The maximum Gasteiger partial charge on any atom is 0.328 e. The molecule has 0 saturated heterocycles. The number of unbranched alkanes of at least 4 members (excludes halogenated alkanes) is 12. The fraction of sp³-hybridized carbons (Fsp3) is 0.686. The molecule has 0 aliphatic rings. The number of nitrogens with one attached hydrogen (secondary N) is 11. The Morgan fingerprint density at radius 1 is 0.424 bits per heavy atom. The zero-order valence-corrected chi connectivity index (χ0v) is 48.3. The molecular weight excluding hydrogens is 1130 g/mol. The van der Waals surface area contributed by atoms with Crippen molar-refractivity contribution in [1.82, 2.24) is 63.4 Å². The summed E-state index contributed by atoms with van der Waals surface area (Å²) in [5, 5.41) is 61.0. The average Bonchev–Trinajstić information content (AvgIpc) is 3.46. The van der Waals surface area contributed by atoms with E-state index in [1.54, 1.807) is 0 Å². The fourth-order valence-electron chi connectivity index (χ4n) is 7.41. The van der Waals surface area contributed by atoms with Gasteiger partial charge in [0.2, 0.25) is 70.9 Å². The summed E-state index contributed by atoms with van der Waals surface area (Å²) in [6, 6.07) is -6.93. The van der Waals surface area contributed by atoms with E-state index < -0.39 is 179 Å². The Kier molecular flexibility index (Phi) is 41.1. The first-order chi connectivity index (χ1) is 40.3. The van der Waals surface area contributed by atoms with Crippen LogP contribution in [0.2, 0.25) is 0 Å². The number of amides is 12. The zero-order valence-electron chi connectivity index (χ0n) is 48.3. The summed E-state index contributed by atoms with van der Waals surface area (Å²) < 4.78 is 0. The summed E-state index contributed by atoms with van der Waals surface area (Å²) in [4.78, 5) is 190. The number of nitrogens with zero attached hydrogens (tertiary/aromatic N) is 2. The third-order valence-electron chi connectivity index (χ3n) is 12.1. The Labute approximate surface area is 491 Å². The van der Waals surface area contributed by atoms with Crippen molar-refractivity contribution in [2.75, 3.05) is 72.6 Å². The normalized spacial score (nSPS) is 11.9. The predicted molar refractivity (Wildman–Crippen MR) is 300 cm³/mol. The van der Waals surface area contributed by atoms with E-state index in [9.17, 15) is 87.2 Å². The monoisotopic (exact) mass is 1210 g/mol. The number of rotatable bonds is 48. The van der Waals surface area contributed by atoms with Crippen LogP contribution < -0.4 is 70.0 Å². The molecule has 0 aliphatic carbocycles. The fourth-order valence-corrected chi connectivity index (χ4v) is 7.41. The zero-order chi connectivity index (χ0) is 64.1. The highest BCUT2D eigenvalue weighted by Crippen LogP contribution is 2.13. The van der Waals surface area contributed by atoms with Crippen LogP contribution in [-0.4, -0.2) is 217 Å². The van der Waals surface area contributed by atoms with Crippen molar-refractivity contribution in [3.05, 3.63) is 0 Å². The summed E-state index contributed by atoms with van der Waals surface area (Å²) in [5.41, 5.74) is 10.7. The van der Waals surface area contributed by atoms with Crippen molar-refractivity contribution >= 4 is 94.8 Å². The molecular formula is C51H87N15O19. The molecule has 85 heavy (non-hydrogen) atoms. The Morgan fingerprint density at radius 2 is 0.835 bits per heavy atom. The maximum absolute atomic E-state index is 13.5. The van der Waals surface area contributed by atoms with Gasteiger partial charge in [0, 0.05) is 26.4 Å². The minimum Gasteiger partial charge on any atom is -0.481 e. The van der Waals surface area contributed by atoms with Gasteiger partial charge in [0.15, 0.2) is 5.96 Å². The van der Waals surface area contributed by atoms with Crippen molar-refractivity contribution in [1.29, 1.82) is 0 Å². The highest BCUT2D eigenvalue weighted by molar-refractivity contribution is 5.97. The molecule has 34 heteroatoms. The Morgan fingerprint density at radius 3 is 1.31 bits per heavy atom. The van der Waals surface area contributed by atoms with Crippen molar-refractivity contribution in [3.63, 3.8) is 0 Å². The molecule has 0 saturated carbocycles. The number of carboxylic acids is 3. The molecule has 0 spiro atoms. The maximum atomic E-state index is 13.5. The Bertz CT molecular complexity index is 2270. The molecule has 0 aromatic heterocycles. The number of carbonyl (C=O) groups excluding carboxylic acids is 12. The summed E-state index contributed by atoms with van der Waals surface area (Å²) >= 11 is 0. The van der Waals surface area contributed by atoms with E-state index in [4.69, 9.17) is 16.6 Å². The second-order valence-electron chi connectivity index (χ2n) is 19.5. The molecule has 19 N–H and O–H groups in total. The first-order valence-electron chi connectivity index (χ1n) is 27.9. The number of aliphatic hydroxyl groups is 1. The van der Waals surface area contributed by atoms with E-state index in [0.29, 0.717) is 6.42 Å². The van der Waals surface area contributed by atoms with Gasteiger partial charge in [-0.15, -0.1) is 0 Å². The van der Waals surface area contributed by atoms with Gasteiger partial charge in [-0.05, 0) is 25.7 Å². The molecule has 480 valence electrons. The third-order valence-corrected chi connectivity index (χ3v) is 12.1. The highest BCUT2D eigenvalue weighted by Gasteiger charge is 2.30. The third kappa shape index (κ3) is 41.0. The van der Waals surface area contributed by atoms with Crippen LogP contribution in [0.1, 0.15) is 129 Å². The van der Waals surface area contributed by atoms with Crippen LogP contribution in [-0.2, 0) is 71.9 Å². The van der Waals surface area contributed by atoms with E-state index in [0.717, 1.165) is 24.2 Å². The van der Waals surface area contributed by atoms with Crippen molar-refractivity contribution in [2.24, 2.45) is 16.5 Å². The van der Waals surface area contributed by atoms with Crippen LogP contribution in [0.15, 0.2) is 4.99 Å². The number of nitrogens with two attached hydrogens (primary N) is 2. The summed E-state index contributed by atoms with van der Waals surface area (Å²) in [7, 11) is 1.18. The largest absolute Gasteiger partial charge is 0.481 e. The molecule has 0 fully saturated rings. The first kappa shape index (κ1) is 76.3.